The Bertz CT molecular complexity index is 1290. The Morgan fingerprint density at radius 1 is 1.00 bits per heavy atom. The van der Waals surface area contributed by atoms with Crippen LogP contribution in [0.25, 0.3) is 6.08 Å². The highest BCUT2D eigenvalue weighted by Gasteiger charge is 2.36. The summed E-state index contributed by atoms with van der Waals surface area (Å²) in [5, 5.41) is 2.54. The molecule has 0 atom stereocenters. The summed E-state index contributed by atoms with van der Waals surface area (Å²) in [5.41, 5.74) is 2.34. The van der Waals surface area contributed by atoms with E-state index < -0.39 is 5.92 Å². The molecular formula is C27H22N2O5S. The lowest BCUT2D eigenvalue weighted by Crippen LogP contribution is -2.39. The van der Waals surface area contributed by atoms with Crippen molar-refractivity contribution >= 4 is 34.9 Å². The molecule has 2 heterocycles. The summed E-state index contributed by atoms with van der Waals surface area (Å²) in [4.78, 5) is 40.0. The minimum Gasteiger partial charge on any atom is -0.497 e. The van der Waals surface area contributed by atoms with Crippen LogP contribution in [-0.4, -0.2) is 42.2 Å². The van der Waals surface area contributed by atoms with Crippen molar-refractivity contribution in [3.05, 3.63) is 94.4 Å². The van der Waals surface area contributed by atoms with Gasteiger partial charge in [-0.05, 0) is 47.7 Å². The van der Waals surface area contributed by atoms with Crippen molar-refractivity contribution in [1.82, 2.24) is 10.2 Å². The molecule has 0 radical (unpaired) electrons. The van der Waals surface area contributed by atoms with Gasteiger partial charge in [0.1, 0.15) is 17.2 Å². The number of nitrogens with zero attached hydrogens (tertiary/aromatic N) is 1. The lowest BCUT2D eigenvalue weighted by molar-refractivity contribution is -0.124. The molecule has 176 valence electrons. The number of methoxy groups -OCH3 is 1. The first-order chi connectivity index (χ1) is 17.0. The molecule has 0 aromatic heterocycles. The number of ether oxygens (including phenoxy) is 2. The average Bonchev–Trinajstić information content (AvgIpc) is 3.14. The van der Waals surface area contributed by atoms with Crippen LogP contribution in [-0.2, 0) is 9.59 Å². The van der Waals surface area contributed by atoms with Crippen LogP contribution < -0.4 is 14.8 Å². The Labute approximate surface area is 206 Å². The smallest absolute Gasteiger partial charge is 0.293 e. The second kappa shape index (κ2) is 9.68. The first-order valence-corrected chi connectivity index (χ1v) is 11.9. The van der Waals surface area contributed by atoms with E-state index in [1.807, 2.05) is 60.7 Å². The van der Waals surface area contributed by atoms with Gasteiger partial charge in [0, 0.05) is 24.2 Å². The van der Waals surface area contributed by atoms with E-state index >= 15 is 0 Å². The van der Waals surface area contributed by atoms with Gasteiger partial charge >= 0.3 is 0 Å². The number of fused-ring (bicyclic) bond motifs is 2. The number of amides is 3. The predicted molar refractivity (Wildman–Crippen MR) is 133 cm³/mol. The molecule has 0 aliphatic carbocycles. The molecule has 35 heavy (non-hydrogen) atoms. The van der Waals surface area contributed by atoms with Crippen LogP contribution in [0.3, 0.4) is 0 Å². The van der Waals surface area contributed by atoms with E-state index in [2.05, 4.69) is 5.32 Å². The number of rotatable bonds is 6. The third kappa shape index (κ3) is 4.52. The van der Waals surface area contributed by atoms with E-state index in [-0.39, 0.29) is 30.1 Å². The largest absolute Gasteiger partial charge is 0.497 e. The molecule has 7 nitrogen and oxygen atoms in total. The number of thioether (sulfide) groups is 1. The Kier molecular flexibility index (Phi) is 6.29. The van der Waals surface area contributed by atoms with Crippen LogP contribution in [0, 0.1) is 0 Å². The second-order valence-corrected chi connectivity index (χ2v) is 9.00. The number of hydrogen-bond acceptors (Lipinski definition) is 6. The van der Waals surface area contributed by atoms with E-state index in [1.165, 1.54) is 0 Å². The molecule has 2 aliphatic heterocycles. The molecule has 3 amide bonds. The van der Waals surface area contributed by atoms with Crippen molar-refractivity contribution in [2.45, 2.75) is 5.92 Å². The quantitative estimate of drug-likeness (QED) is 0.505. The minimum atomic E-state index is -0.541. The monoisotopic (exact) mass is 486 g/mol. The average molecular weight is 487 g/mol. The van der Waals surface area contributed by atoms with Crippen LogP contribution in [0.1, 0.15) is 22.6 Å². The van der Waals surface area contributed by atoms with Crippen molar-refractivity contribution in [2.75, 3.05) is 20.2 Å². The summed E-state index contributed by atoms with van der Waals surface area (Å²) in [6.07, 6.45) is 1.68. The van der Waals surface area contributed by atoms with E-state index in [0.29, 0.717) is 22.2 Å². The number of benzene rings is 3. The summed E-state index contributed by atoms with van der Waals surface area (Å²) >= 11 is 0.893. The summed E-state index contributed by atoms with van der Waals surface area (Å²) in [6.45, 7) is 0.233. The molecule has 0 saturated carbocycles. The normalized spacial score (nSPS) is 16.0. The number of carbonyl (C=O) groups is 3. The van der Waals surface area contributed by atoms with Crippen molar-refractivity contribution in [3.63, 3.8) is 0 Å². The maximum atomic E-state index is 13.2. The SMILES string of the molecule is COc1ccc(/C=C2/SC(=O)N(CCNC(=O)C3c4ccccc4Oc4ccccc43)C2=O)cc1. The van der Waals surface area contributed by atoms with Gasteiger partial charge in [0.2, 0.25) is 5.91 Å². The molecule has 3 aromatic carbocycles. The zero-order chi connectivity index (χ0) is 24.4. The van der Waals surface area contributed by atoms with Gasteiger partial charge in [-0.1, -0.05) is 48.5 Å². The van der Waals surface area contributed by atoms with Crippen molar-refractivity contribution in [3.8, 4) is 17.2 Å². The van der Waals surface area contributed by atoms with Crippen LogP contribution in [0.15, 0.2) is 77.7 Å². The first-order valence-electron chi connectivity index (χ1n) is 11.1. The molecule has 0 bridgehead atoms. The predicted octanol–water partition coefficient (Wildman–Crippen LogP) is 4.79. The van der Waals surface area contributed by atoms with Gasteiger partial charge in [-0.3, -0.25) is 19.3 Å². The van der Waals surface area contributed by atoms with E-state index in [4.69, 9.17) is 9.47 Å². The van der Waals surface area contributed by atoms with Crippen molar-refractivity contribution < 1.29 is 23.9 Å². The van der Waals surface area contributed by atoms with E-state index in [0.717, 1.165) is 33.4 Å². The maximum absolute atomic E-state index is 13.2. The number of imide groups is 1. The van der Waals surface area contributed by atoms with Gasteiger partial charge in [-0.25, -0.2) is 0 Å². The highest BCUT2D eigenvalue weighted by atomic mass is 32.2. The second-order valence-electron chi connectivity index (χ2n) is 8.01. The third-order valence-electron chi connectivity index (χ3n) is 5.86. The highest BCUT2D eigenvalue weighted by Crippen LogP contribution is 2.43. The van der Waals surface area contributed by atoms with Gasteiger partial charge in [-0.15, -0.1) is 0 Å². The zero-order valence-electron chi connectivity index (χ0n) is 18.9. The van der Waals surface area contributed by atoms with Crippen molar-refractivity contribution in [2.24, 2.45) is 0 Å². The van der Waals surface area contributed by atoms with Crippen LogP contribution in [0.4, 0.5) is 4.79 Å². The summed E-state index contributed by atoms with van der Waals surface area (Å²) in [7, 11) is 1.58. The number of carbonyl (C=O) groups excluding carboxylic acids is 3. The fourth-order valence-electron chi connectivity index (χ4n) is 4.13. The van der Waals surface area contributed by atoms with Crippen LogP contribution in [0.2, 0.25) is 0 Å². The van der Waals surface area contributed by atoms with Gasteiger partial charge in [0.15, 0.2) is 0 Å². The number of nitrogens with one attached hydrogen (secondary N) is 1. The Morgan fingerprint density at radius 3 is 2.26 bits per heavy atom. The lowest BCUT2D eigenvalue weighted by atomic mass is 9.87. The molecule has 5 rings (SSSR count). The fraction of sp³-hybridized carbons (Fsp3) is 0.148. The number of para-hydroxylation sites is 2. The topological polar surface area (TPSA) is 84.9 Å². The molecule has 3 aromatic rings. The van der Waals surface area contributed by atoms with E-state index in [9.17, 15) is 14.4 Å². The van der Waals surface area contributed by atoms with Gasteiger partial charge in [0.05, 0.1) is 17.9 Å². The molecule has 1 fully saturated rings. The van der Waals surface area contributed by atoms with Crippen molar-refractivity contribution in [1.29, 1.82) is 0 Å². The Balaban J connectivity index is 1.26. The molecular weight excluding hydrogens is 464 g/mol. The first kappa shape index (κ1) is 22.7. The summed E-state index contributed by atoms with van der Waals surface area (Å²) in [5.74, 6) is 0.865. The molecule has 1 saturated heterocycles. The van der Waals surface area contributed by atoms with Gasteiger partial charge in [-0.2, -0.15) is 0 Å². The molecule has 0 spiro atoms. The molecule has 2 aliphatic rings. The van der Waals surface area contributed by atoms with Crippen LogP contribution >= 0.6 is 11.8 Å². The van der Waals surface area contributed by atoms with E-state index in [1.54, 1.807) is 25.3 Å². The molecule has 0 unspecified atom stereocenters. The highest BCUT2D eigenvalue weighted by molar-refractivity contribution is 8.18. The molecule has 1 N–H and O–H groups in total. The number of hydrogen-bond donors (Lipinski definition) is 1. The maximum Gasteiger partial charge on any atom is 0.293 e. The van der Waals surface area contributed by atoms with Crippen LogP contribution in [0.5, 0.6) is 17.2 Å². The fourth-order valence-corrected chi connectivity index (χ4v) is 4.99. The van der Waals surface area contributed by atoms with Gasteiger partial charge < -0.3 is 14.8 Å². The summed E-state index contributed by atoms with van der Waals surface area (Å²) < 4.78 is 11.1. The standard InChI is InChI=1S/C27H22N2O5S/c1-33-18-12-10-17(11-13-18)16-23-26(31)29(27(32)35-23)15-14-28-25(30)24-19-6-2-4-8-21(19)34-22-9-5-3-7-20(22)24/h2-13,16,24H,14-15H2,1H3,(H,28,30)/b23-16+. The lowest BCUT2D eigenvalue weighted by Gasteiger charge is -2.27. The Hall–Kier alpha value is -4.04. The molecule has 8 heteroatoms. The third-order valence-corrected chi connectivity index (χ3v) is 6.77. The zero-order valence-corrected chi connectivity index (χ0v) is 19.7. The Morgan fingerprint density at radius 2 is 1.63 bits per heavy atom. The summed E-state index contributed by atoms with van der Waals surface area (Å²) in [6, 6.07) is 22.1. The van der Waals surface area contributed by atoms with Gasteiger partial charge in [0.25, 0.3) is 11.1 Å². The minimum absolute atomic E-state index is 0.0862.